The van der Waals surface area contributed by atoms with Gasteiger partial charge < -0.3 is 20.1 Å². The molecule has 0 aliphatic heterocycles. The minimum atomic E-state index is -0.978. The lowest BCUT2D eigenvalue weighted by molar-refractivity contribution is -0.147. The smallest absolute Gasteiger partial charge is 0.305 e. The molecule has 0 spiro atoms. The summed E-state index contributed by atoms with van der Waals surface area (Å²) in [6.45, 7) is 1.68. The summed E-state index contributed by atoms with van der Waals surface area (Å²) in [6.07, 6.45) is 16.2. The third-order valence-electron chi connectivity index (χ3n) is 4.36. The van der Waals surface area contributed by atoms with Crippen LogP contribution in [0.2, 0.25) is 0 Å². The van der Waals surface area contributed by atoms with Crippen LogP contribution in [-0.4, -0.2) is 46.7 Å². The molecule has 0 saturated heterocycles. The summed E-state index contributed by atoms with van der Waals surface area (Å²) in [7, 11) is 0. The molecule has 0 aromatic heterocycles. The zero-order valence-electron chi connectivity index (χ0n) is 16.6. The van der Waals surface area contributed by atoms with Gasteiger partial charge in [0, 0.05) is 6.42 Å². The fourth-order valence-corrected chi connectivity index (χ4v) is 2.67. The van der Waals surface area contributed by atoms with Crippen LogP contribution in [-0.2, 0) is 9.53 Å². The van der Waals surface area contributed by atoms with Gasteiger partial charge in [-0.2, -0.15) is 0 Å². The Bertz CT molecular complexity index is 343. The molecule has 0 fully saturated rings. The van der Waals surface area contributed by atoms with E-state index in [9.17, 15) is 9.90 Å². The van der Waals surface area contributed by atoms with E-state index in [2.05, 4.69) is 19.1 Å². The van der Waals surface area contributed by atoms with Crippen molar-refractivity contribution in [3.05, 3.63) is 12.2 Å². The number of rotatable bonds is 18. The van der Waals surface area contributed by atoms with Gasteiger partial charge in [0.05, 0.1) is 12.7 Å². The van der Waals surface area contributed by atoms with Crippen LogP contribution in [0, 0.1) is 0 Å². The SMILES string of the molecule is CCCCCC[C@@H](O)C/C=C\CCCCCCCC(=O)OCC(O)CO. The molecule has 0 radical (unpaired) electrons. The predicted octanol–water partition coefficient (Wildman–Crippen LogP) is 3.89. The van der Waals surface area contributed by atoms with Crippen molar-refractivity contribution in [3.8, 4) is 0 Å². The second-order valence-electron chi connectivity index (χ2n) is 7.04. The van der Waals surface area contributed by atoms with Crippen LogP contribution in [0.3, 0.4) is 0 Å². The standard InChI is InChI=1S/C21H40O5/c1-2-3-4-11-14-19(23)15-12-9-7-5-6-8-10-13-16-21(25)26-18-20(24)17-22/h9,12,19-20,22-24H,2-8,10-11,13-18H2,1H3/b12-9-/t19-,20?/m1/s1. The van der Waals surface area contributed by atoms with Crippen molar-refractivity contribution in [1.29, 1.82) is 0 Å². The van der Waals surface area contributed by atoms with Crippen molar-refractivity contribution >= 4 is 5.97 Å². The fraction of sp³-hybridized carbons (Fsp3) is 0.857. The Morgan fingerprint density at radius 2 is 1.62 bits per heavy atom. The number of hydrogen-bond donors (Lipinski definition) is 3. The Morgan fingerprint density at radius 3 is 2.35 bits per heavy atom. The van der Waals surface area contributed by atoms with E-state index in [0.29, 0.717) is 6.42 Å². The van der Waals surface area contributed by atoms with Gasteiger partial charge in [-0.3, -0.25) is 4.79 Å². The van der Waals surface area contributed by atoms with E-state index in [1.807, 2.05) is 0 Å². The predicted molar refractivity (Wildman–Crippen MR) is 105 cm³/mol. The minimum absolute atomic E-state index is 0.130. The van der Waals surface area contributed by atoms with E-state index in [4.69, 9.17) is 14.9 Å². The summed E-state index contributed by atoms with van der Waals surface area (Å²) < 4.78 is 4.84. The second-order valence-corrected chi connectivity index (χ2v) is 7.04. The van der Waals surface area contributed by atoms with Crippen molar-refractivity contribution in [2.75, 3.05) is 13.2 Å². The number of unbranched alkanes of at least 4 members (excludes halogenated alkanes) is 8. The third-order valence-corrected chi connectivity index (χ3v) is 4.36. The number of carbonyl (C=O) groups excluding carboxylic acids is 1. The fourth-order valence-electron chi connectivity index (χ4n) is 2.67. The molecule has 0 saturated carbocycles. The number of aliphatic hydroxyl groups excluding tert-OH is 3. The molecular formula is C21H40O5. The monoisotopic (exact) mass is 372 g/mol. The normalized spacial score (nSPS) is 13.8. The van der Waals surface area contributed by atoms with E-state index >= 15 is 0 Å². The molecule has 0 bridgehead atoms. The van der Waals surface area contributed by atoms with Gasteiger partial charge in [-0.25, -0.2) is 0 Å². The maximum Gasteiger partial charge on any atom is 0.305 e. The van der Waals surface area contributed by atoms with Gasteiger partial charge in [-0.1, -0.05) is 64.0 Å². The second kappa shape index (κ2) is 18.9. The van der Waals surface area contributed by atoms with Crippen LogP contribution in [0.5, 0.6) is 0 Å². The highest BCUT2D eigenvalue weighted by Crippen LogP contribution is 2.10. The topological polar surface area (TPSA) is 87.0 Å². The lowest BCUT2D eigenvalue weighted by atomic mass is 10.1. The Balaban J connectivity index is 3.36. The van der Waals surface area contributed by atoms with Gasteiger partial charge in [-0.15, -0.1) is 0 Å². The first-order valence-electron chi connectivity index (χ1n) is 10.4. The summed E-state index contributed by atoms with van der Waals surface area (Å²) in [6, 6.07) is 0. The summed E-state index contributed by atoms with van der Waals surface area (Å²) in [4.78, 5) is 11.4. The van der Waals surface area contributed by atoms with Crippen LogP contribution >= 0.6 is 0 Å². The first kappa shape index (κ1) is 25.1. The van der Waals surface area contributed by atoms with Crippen LogP contribution < -0.4 is 0 Å². The lowest BCUT2D eigenvalue weighted by Crippen LogP contribution is -2.21. The Kier molecular flexibility index (Phi) is 18.2. The van der Waals surface area contributed by atoms with E-state index < -0.39 is 6.10 Å². The Hall–Kier alpha value is -0.910. The van der Waals surface area contributed by atoms with Crippen molar-refractivity contribution in [2.45, 2.75) is 103 Å². The quantitative estimate of drug-likeness (QED) is 0.193. The first-order valence-corrected chi connectivity index (χ1v) is 10.4. The number of aliphatic hydroxyl groups is 3. The van der Waals surface area contributed by atoms with E-state index in [1.54, 1.807) is 0 Å². The number of esters is 1. The highest BCUT2D eigenvalue weighted by atomic mass is 16.5. The Labute approximate surface area is 159 Å². The lowest BCUT2D eigenvalue weighted by Gasteiger charge is -2.08. The van der Waals surface area contributed by atoms with Crippen molar-refractivity contribution in [1.82, 2.24) is 0 Å². The summed E-state index contributed by atoms with van der Waals surface area (Å²) in [5.74, 6) is -0.311. The molecule has 0 aromatic rings. The first-order chi connectivity index (χ1) is 12.6. The minimum Gasteiger partial charge on any atom is -0.463 e. The number of allylic oxidation sites excluding steroid dienone is 1. The average molecular weight is 373 g/mol. The summed E-state index contributed by atoms with van der Waals surface area (Å²) >= 11 is 0. The average Bonchev–Trinajstić information content (AvgIpc) is 2.64. The van der Waals surface area contributed by atoms with Gasteiger partial charge in [0.15, 0.2) is 0 Å². The van der Waals surface area contributed by atoms with Gasteiger partial charge in [0.25, 0.3) is 0 Å². The van der Waals surface area contributed by atoms with Gasteiger partial charge >= 0.3 is 5.97 Å². The third kappa shape index (κ3) is 17.9. The molecule has 5 nitrogen and oxygen atoms in total. The molecule has 0 aromatic carbocycles. The summed E-state index contributed by atoms with van der Waals surface area (Å²) in [5, 5.41) is 27.6. The largest absolute Gasteiger partial charge is 0.463 e. The molecule has 3 N–H and O–H groups in total. The summed E-state index contributed by atoms with van der Waals surface area (Å²) in [5.41, 5.74) is 0. The van der Waals surface area contributed by atoms with Crippen LogP contribution in [0.15, 0.2) is 12.2 Å². The molecule has 2 atom stereocenters. The van der Waals surface area contributed by atoms with E-state index in [0.717, 1.165) is 57.8 Å². The molecule has 0 rings (SSSR count). The molecule has 5 heteroatoms. The Morgan fingerprint density at radius 1 is 0.923 bits per heavy atom. The van der Waals surface area contributed by atoms with Crippen molar-refractivity contribution < 1.29 is 24.9 Å². The zero-order valence-corrected chi connectivity index (χ0v) is 16.6. The molecule has 0 aliphatic carbocycles. The molecule has 0 aliphatic rings. The van der Waals surface area contributed by atoms with Gasteiger partial charge in [-0.05, 0) is 32.1 Å². The zero-order chi connectivity index (χ0) is 19.5. The maximum absolute atomic E-state index is 11.4. The molecule has 0 amide bonds. The number of hydrogen-bond acceptors (Lipinski definition) is 5. The highest BCUT2D eigenvalue weighted by Gasteiger charge is 2.07. The van der Waals surface area contributed by atoms with Crippen molar-refractivity contribution in [2.24, 2.45) is 0 Å². The molecule has 26 heavy (non-hydrogen) atoms. The van der Waals surface area contributed by atoms with Gasteiger partial charge in [0.1, 0.15) is 12.7 Å². The number of carbonyl (C=O) groups is 1. The van der Waals surface area contributed by atoms with Crippen molar-refractivity contribution in [3.63, 3.8) is 0 Å². The van der Waals surface area contributed by atoms with Crippen LogP contribution in [0.4, 0.5) is 0 Å². The van der Waals surface area contributed by atoms with Crippen LogP contribution in [0.1, 0.15) is 90.4 Å². The van der Waals surface area contributed by atoms with Gasteiger partial charge in [0.2, 0.25) is 0 Å². The maximum atomic E-state index is 11.4. The molecule has 0 heterocycles. The molecule has 1 unspecified atom stereocenters. The van der Waals surface area contributed by atoms with E-state index in [1.165, 1.54) is 19.3 Å². The van der Waals surface area contributed by atoms with E-state index in [-0.39, 0.29) is 25.3 Å². The molecule has 154 valence electrons. The number of ether oxygens (including phenoxy) is 1. The molecular weight excluding hydrogens is 332 g/mol. The van der Waals surface area contributed by atoms with Crippen LogP contribution in [0.25, 0.3) is 0 Å². The highest BCUT2D eigenvalue weighted by molar-refractivity contribution is 5.69.